The minimum atomic E-state index is -1.58. The van der Waals surface area contributed by atoms with E-state index in [2.05, 4.69) is 34.6 Å². The van der Waals surface area contributed by atoms with Crippen LogP contribution in [0, 0.1) is 50.7 Å². The highest BCUT2D eigenvalue weighted by Gasteiger charge is 2.85. The van der Waals surface area contributed by atoms with Gasteiger partial charge < -0.3 is 49.6 Å². The predicted octanol–water partition coefficient (Wildman–Crippen LogP) is 3.24. The van der Waals surface area contributed by atoms with Gasteiger partial charge in [0.1, 0.15) is 43.2 Å². The van der Waals surface area contributed by atoms with Crippen molar-refractivity contribution in [2.24, 2.45) is 50.7 Å². The van der Waals surface area contributed by atoms with Gasteiger partial charge >= 0.3 is 11.9 Å². The first-order valence-electron chi connectivity index (χ1n) is 19.7. The molecule has 0 radical (unpaired) electrons. The van der Waals surface area contributed by atoms with Gasteiger partial charge in [-0.1, -0.05) is 34.6 Å². The van der Waals surface area contributed by atoms with Crippen molar-refractivity contribution >= 4 is 11.9 Å². The average Bonchev–Trinajstić information content (AvgIpc) is 3.61. The van der Waals surface area contributed by atoms with E-state index in [0.29, 0.717) is 18.8 Å². The van der Waals surface area contributed by atoms with Crippen molar-refractivity contribution in [3.05, 3.63) is 0 Å². The van der Waals surface area contributed by atoms with Gasteiger partial charge in [0.05, 0.1) is 17.8 Å². The number of aliphatic hydroxyl groups is 6. The second kappa shape index (κ2) is 13.4. The van der Waals surface area contributed by atoms with Crippen molar-refractivity contribution in [1.82, 2.24) is 0 Å². The van der Waals surface area contributed by atoms with Gasteiger partial charge in [0, 0.05) is 24.7 Å². The number of aliphatic hydroxyl groups excluding tert-OH is 5. The summed E-state index contributed by atoms with van der Waals surface area (Å²) in [4.78, 5) is 23.9. The SMILES string of the molecule is CC(=O)OC[C@H]1O[C@@H](O[C@@H]2C[C@H]3C(C)(C)[C@H](OC(C)=O)CC[C@]3(C)[C@H]3CC[C@]45C[C@]4(CC[C@H]5C(C)C[C@@H](O)[C@H](O)C(C)(C)O)[C@@]32C)[C@H](O)[C@@H](O)[C@@H]1O. The van der Waals surface area contributed by atoms with Crippen LogP contribution in [0.1, 0.15) is 120 Å². The fraction of sp³-hybridized carbons (Fsp3) is 0.950. The molecule has 5 aliphatic carbocycles. The van der Waals surface area contributed by atoms with E-state index in [1.807, 2.05) is 0 Å². The molecule has 0 aromatic rings. The summed E-state index contributed by atoms with van der Waals surface area (Å²) in [7, 11) is 0. The molecule has 1 aliphatic heterocycles. The molecule has 0 aromatic carbocycles. The first-order chi connectivity index (χ1) is 24.0. The molecule has 0 amide bonds. The number of carbonyl (C=O) groups is 2. The molecule has 52 heavy (non-hydrogen) atoms. The van der Waals surface area contributed by atoms with E-state index >= 15 is 0 Å². The van der Waals surface area contributed by atoms with E-state index in [-0.39, 0.29) is 63.5 Å². The van der Waals surface area contributed by atoms with E-state index in [1.165, 1.54) is 27.7 Å². The van der Waals surface area contributed by atoms with Gasteiger partial charge in [-0.15, -0.1) is 0 Å². The van der Waals surface area contributed by atoms with E-state index in [9.17, 15) is 40.2 Å². The number of esters is 2. The largest absolute Gasteiger partial charge is 0.463 e. The molecular weight excluding hydrogens is 672 g/mol. The van der Waals surface area contributed by atoms with Crippen molar-refractivity contribution in [2.75, 3.05) is 6.61 Å². The zero-order chi connectivity index (χ0) is 38.6. The normalized spacial score (nSPS) is 48.2. The molecule has 12 heteroatoms. The summed E-state index contributed by atoms with van der Waals surface area (Å²) in [6.07, 6.45) is -2.40. The zero-order valence-corrected chi connectivity index (χ0v) is 32.7. The maximum atomic E-state index is 12.3. The monoisotopic (exact) mass is 738 g/mol. The van der Waals surface area contributed by atoms with Crippen LogP contribution in [0.2, 0.25) is 0 Å². The Balaban J connectivity index is 1.36. The van der Waals surface area contributed by atoms with Crippen molar-refractivity contribution in [3.8, 4) is 0 Å². The van der Waals surface area contributed by atoms with E-state index in [4.69, 9.17) is 18.9 Å². The van der Waals surface area contributed by atoms with E-state index in [1.54, 1.807) is 0 Å². The van der Waals surface area contributed by atoms with Crippen molar-refractivity contribution in [2.45, 2.75) is 181 Å². The molecular formula is C40H66O12. The Kier molecular flexibility index (Phi) is 10.4. The van der Waals surface area contributed by atoms with Crippen LogP contribution in [0.25, 0.3) is 0 Å². The van der Waals surface area contributed by atoms with Crippen LogP contribution in [-0.2, 0) is 28.5 Å². The van der Waals surface area contributed by atoms with E-state index in [0.717, 1.165) is 44.9 Å². The van der Waals surface area contributed by atoms with Crippen molar-refractivity contribution in [1.29, 1.82) is 0 Å². The molecule has 6 rings (SSSR count). The van der Waals surface area contributed by atoms with Crippen LogP contribution >= 0.6 is 0 Å². The third-order valence-corrected chi connectivity index (χ3v) is 16.2. The lowest BCUT2D eigenvalue weighted by atomic mass is 9.37. The fourth-order valence-electron chi connectivity index (χ4n) is 13.7. The molecule has 0 aromatic heterocycles. The van der Waals surface area contributed by atoms with Crippen LogP contribution < -0.4 is 0 Å². The summed E-state index contributed by atoms with van der Waals surface area (Å²) >= 11 is 0. The standard InChI is InChI=1S/C40H66O12/c1-20(16-24(43)33(47)36(6,7)48)23-10-15-40-19-39(23,40)14-11-26-37(8)13-12-28(50-22(3)42)35(4,5)27(37)17-29(38(26,40)9)52-34-32(46)31(45)30(44)25(51-34)18-49-21(2)41/h20,23-34,43-48H,10-19H2,1-9H3/t20?,23-,24+,25+,26+,27-,28+,29+,30+,31-,32+,33-,34-,37+,38-,39+,40+/m0/s1. The zero-order valence-electron chi connectivity index (χ0n) is 32.7. The maximum absolute atomic E-state index is 12.3. The van der Waals surface area contributed by atoms with Crippen molar-refractivity contribution in [3.63, 3.8) is 0 Å². The predicted molar refractivity (Wildman–Crippen MR) is 188 cm³/mol. The average molecular weight is 739 g/mol. The summed E-state index contributed by atoms with van der Waals surface area (Å²) in [5, 5.41) is 65.2. The minimum absolute atomic E-state index is 0.00590. The Morgan fingerprint density at radius 1 is 0.885 bits per heavy atom. The van der Waals surface area contributed by atoms with Crippen molar-refractivity contribution < 1.29 is 59.2 Å². The molecule has 12 nitrogen and oxygen atoms in total. The molecule has 6 N–H and O–H groups in total. The van der Waals surface area contributed by atoms with E-state index < -0.39 is 60.6 Å². The summed E-state index contributed by atoms with van der Waals surface area (Å²) in [6, 6.07) is 0. The molecule has 6 fully saturated rings. The van der Waals surface area contributed by atoms with Gasteiger partial charge in [0.2, 0.25) is 0 Å². The van der Waals surface area contributed by atoms with Crippen LogP contribution in [0.5, 0.6) is 0 Å². The number of hydrogen-bond donors (Lipinski definition) is 6. The quantitative estimate of drug-likeness (QED) is 0.142. The summed E-state index contributed by atoms with van der Waals surface area (Å²) < 4.78 is 24.3. The highest BCUT2D eigenvalue weighted by atomic mass is 16.7. The first kappa shape index (κ1) is 40.3. The third-order valence-electron chi connectivity index (χ3n) is 16.2. The molecule has 0 bridgehead atoms. The summed E-state index contributed by atoms with van der Waals surface area (Å²) in [5.74, 6) is -0.142. The van der Waals surface area contributed by atoms with Gasteiger partial charge in [0.15, 0.2) is 6.29 Å². The minimum Gasteiger partial charge on any atom is -0.463 e. The highest BCUT2D eigenvalue weighted by molar-refractivity contribution is 5.66. The molecule has 6 aliphatic rings. The van der Waals surface area contributed by atoms with Gasteiger partial charge in [0.25, 0.3) is 0 Å². The lowest BCUT2D eigenvalue weighted by molar-refractivity contribution is -0.344. The van der Waals surface area contributed by atoms with Gasteiger partial charge in [-0.05, 0) is 112 Å². The number of ether oxygens (including phenoxy) is 4. The number of rotatable bonds is 10. The number of hydrogen-bond acceptors (Lipinski definition) is 12. The Labute approximate surface area is 308 Å². The second-order valence-electron chi connectivity index (χ2n) is 19.5. The Morgan fingerprint density at radius 2 is 1.56 bits per heavy atom. The molecule has 5 saturated carbocycles. The van der Waals surface area contributed by atoms with Gasteiger partial charge in [-0.3, -0.25) is 9.59 Å². The second-order valence-corrected chi connectivity index (χ2v) is 19.5. The fourth-order valence-corrected chi connectivity index (χ4v) is 13.7. The topological polar surface area (TPSA) is 192 Å². The van der Waals surface area contributed by atoms with Gasteiger partial charge in [-0.2, -0.15) is 0 Å². The lowest BCUT2D eigenvalue weighted by Gasteiger charge is -2.69. The van der Waals surface area contributed by atoms with Crippen LogP contribution in [0.3, 0.4) is 0 Å². The van der Waals surface area contributed by atoms with Crippen LogP contribution in [0.15, 0.2) is 0 Å². The van der Waals surface area contributed by atoms with Crippen LogP contribution in [-0.4, -0.2) is 110 Å². The number of fused-ring (bicyclic) bond motifs is 3. The molecule has 1 saturated heterocycles. The third kappa shape index (κ3) is 5.99. The van der Waals surface area contributed by atoms with Crippen LogP contribution in [0.4, 0.5) is 0 Å². The number of carbonyl (C=O) groups excluding carboxylic acids is 2. The first-order valence-corrected chi connectivity index (χ1v) is 19.7. The van der Waals surface area contributed by atoms with Gasteiger partial charge in [-0.25, -0.2) is 0 Å². The molecule has 17 atom stereocenters. The highest BCUT2D eigenvalue weighted by Crippen LogP contribution is 2.91. The Morgan fingerprint density at radius 3 is 2.17 bits per heavy atom. The Bertz CT molecular complexity index is 1360. The summed E-state index contributed by atoms with van der Waals surface area (Å²) in [5.41, 5.74) is -2.38. The maximum Gasteiger partial charge on any atom is 0.302 e. The Hall–Kier alpha value is -1.38. The summed E-state index contributed by atoms with van der Waals surface area (Å²) in [6.45, 7) is 16.7. The smallest absolute Gasteiger partial charge is 0.302 e. The molecule has 1 unspecified atom stereocenters. The molecule has 1 heterocycles. The lowest BCUT2D eigenvalue weighted by Crippen LogP contribution is -2.68. The molecule has 298 valence electrons. The molecule has 0 spiro atoms.